The van der Waals surface area contributed by atoms with Gasteiger partial charge in [0, 0.05) is 17.3 Å². The molecule has 2 rings (SSSR count). The van der Waals surface area contributed by atoms with Crippen molar-refractivity contribution >= 4 is 0 Å². The fraction of sp³-hybridized carbons (Fsp3) is 0.200. The quantitative estimate of drug-likeness (QED) is 0.892. The number of hydrogen-bond donors (Lipinski definition) is 1. The monoisotopic (exact) mass is 254 g/mol. The van der Waals surface area contributed by atoms with Crippen LogP contribution in [0, 0.1) is 32.1 Å². The van der Waals surface area contributed by atoms with Crippen molar-refractivity contribution in [1.29, 1.82) is 5.26 Å². The Balaban J connectivity index is 2.50. The molecule has 0 saturated heterocycles. The zero-order valence-electron chi connectivity index (χ0n) is 11.1. The number of benzene rings is 1. The SMILES string of the molecule is Cc1cc(Oc2cccc(O)c2C)c(C#N)c(C)n1. The maximum atomic E-state index is 9.66. The van der Waals surface area contributed by atoms with Crippen molar-refractivity contribution in [2.45, 2.75) is 20.8 Å². The first-order valence-corrected chi connectivity index (χ1v) is 5.87. The molecule has 0 saturated carbocycles. The van der Waals surface area contributed by atoms with Crippen LogP contribution in [-0.2, 0) is 0 Å². The molecule has 0 aliphatic rings. The number of aryl methyl sites for hydroxylation is 2. The van der Waals surface area contributed by atoms with E-state index in [0.717, 1.165) is 5.69 Å². The lowest BCUT2D eigenvalue weighted by Crippen LogP contribution is -1.97. The van der Waals surface area contributed by atoms with E-state index in [9.17, 15) is 10.4 Å². The van der Waals surface area contributed by atoms with E-state index in [2.05, 4.69) is 11.1 Å². The number of pyridine rings is 1. The number of ether oxygens (including phenoxy) is 1. The third-order valence-electron chi connectivity index (χ3n) is 2.88. The molecule has 4 heteroatoms. The van der Waals surface area contributed by atoms with E-state index < -0.39 is 0 Å². The van der Waals surface area contributed by atoms with Crippen LogP contribution in [0.25, 0.3) is 0 Å². The summed E-state index contributed by atoms with van der Waals surface area (Å²) in [5, 5.41) is 18.8. The minimum absolute atomic E-state index is 0.165. The molecule has 2 aromatic rings. The highest BCUT2D eigenvalue weighted by molar-refractivity contribution is 5.51. The van der Waals surface area contributed by atoms with Crippen molar-refractivity contribution < 1.29 is 9.84 Å². The largest absolute Gasteiger partial charge is 0.508 e. The van der Waals surface area contributed by atoms with Crippen LogP contribution in [-0.4, -0.2) is 10.1 Å². The number of phenols is 1. The van der Waals surface area contributed by atoms with Gasteiger partial charge in [0.1, 0.15) is 28.9 Å². The van der Waals surface area contributed by atoms with Crippen molar-refractivity contribution in [3.63, 3.8) is 0 Å². The molecule has 0 amide bonds. The molecule has 0 spiro atoms. The molecule has 1 N–H and O–H groups in total. The topological polar surface area (TPSA) is 66.1 Å². The van der Waals surface area contributed by atoms with Gasteiger partial charge in [-0.05, 0) is 32.9 Å². The van der Waals surface area contributed by atoms with Gasteiger partial charge in [-0.3, -0.25) is 4.98 Å². The molecule has 4 nitrogen and oxygen atoms in total. The molecule has 1 aromatic heterocycles. The van der Waals surface area contributed by atoms with E-state index >= 15 is 0 Å². The molecule has 0 aliphatic heterocycles. The number of nitrogens with zero attached hydrogens (tertiary/aromatic N) is 2. The Morgan fingerprint density at radius 1 is 1.21 bits per heavy atom. The van der Waals surface area contributed by atoms with Crippen molar-refractivity contribution in [2.24, 2.45) is 0 Å². The zero-order chi connectivity index (χ0) is 14.0. The summed E-state index contributed by atoms with van der Waals surface area (Å²) in [5.74, 6) is 1.15. The summed E-state index contributed by atoms with van der Waals surface area (Å²) in [6, 6.07) is 8.86. The molecule has 1 heterocycles. The minimum Gasteiger partial charge on any atom is -0.508 e. The first-order valence-electron chi connectivity index (χ1n) is 5.87. The van der Waals surface area contributed by atoms with E-state index in [0.29, 0.717) is 28.3 Å². The van der Waals surface area contributed by atoms with Gasteiger partial charge in [0.2, 0.25) is 0 Å². The van der Waals surface area contributed by atoms with Crippen LogP contribution in [0.5, 0.6) is 17.2 Å². The molecule has 0 atom stereocenters. The fourth-order valence-electron chi connectivity index (χ4n) is 1.84. The van der Waals surface area contributed by atoms with Gasteiger partial charge in [0.25, 0.3) is 0 Å². The number of hydrogen-bond acceptors (Lipinski definition) is 4. The lowest BCUT2D eigenvalue weighted by molar-refractivity contribution is 0.447. The predicted molar refractivity (Wildman–Crippen MR) is 71.3 cm³/mol. The summed E-state index contributed by atoms with van der Waals surface area (Å²) in [6.45, 7) is 5.38. The summed E-state index contributed by atoms with van der Waals surface area (Å²) >= 11 is 0. The standard InChI is InChI=1S/C15H14N2O2/c1-9-7-15(12(8-16)11(3)17-9)19-14-6-4-5-13(18)10(14)2/h4-7,18H,1-3H3. The van der Waals surface area contributed by atoms with E-state index in [-0.39, 0.29) is 5.75 Å². The molecule has 0 fully saturated rings. The van der Waals surface area contributed by atoms with Crippen LogP contribution < -0.4 is 4.74 Å². The summed E-state index contributed by atoms with van der Waals surface area (Å²) in [5.41, 5.74) is 2.46. The average Bonchev–Trinajstić information content (AvgIpc) is 2.34. The van der Waals surface area contributed by atoms with Crippen LogP contribution >= 0.6 is 0 Å². The first kappa shape index (κ1) is 12.9. The van der Waals surface area contributed by atoms with Gasteiger partial charge >= 0.3 is 0 Å². The normalized spacial score (nSPS) is 10.0. The molecule has 0 bridgehead atoms. The first-order chi connectivity index (χ1) is 9.02. The average molecular weight is 254 g/mol. The Bertz CT molecular complexity index is 673. The third-order valence-corrected chi connectivity index (χ3v) is 2.88. The van der Waals surface area contributed by atoms with Gasteiger partial charge in [-0.2, -0.15) is 5.26 Å². The van der Waals surface area contributed by atoms with Crippen LogP contribution in [0.4, 0.5) is 0 Å². The lowest BCUT2D eigenvalue weighted by Gasteiger charge is -2.12. The van der Waals surface area contributed by atoms with Crippen LogP contribution in [0.1, 0.15) is 22.5 Å². The minimum atomic E-state index is 0.165. The van der Waals surface area contributed by atoms with Gasteiger partial charge in [-0.25, -0.2) is 0 Å². The highest BCUT2D eigenvalue weighted by atomic mass is 16.5. The van der Waals surface area contributed by atoms with Crippen LogP contribution in [0.3, 0.4) is 0 Å². The molecule has 1 aromatic carbocycles. The predicted octanol–water partition coefficient (Wildman–Crippen LogP) is 3.38. The Morgan fingerprint density at radius 2 is 1.95 bits per heavy atom. The third kappa shape index (κ3) is 2.50. The maximum Gasteiger partial charge on any atom is 0.148 e. The van der Waals surface area contributed by atoms with Gasteiger partial charge in [0.15, 0.2) is 0 Å². The van der Waals surface area contributed by atoms with Gasteiger partial charge in [0.05, 0.1) is 5.69 Å². The molecule has 0 unspecified atom stereocenters. The highest BCUT2D eigenvalue weighted by Gasteiger charge is 2.12. The summed E-state index contributed by atoms with van der Waals surface area (Å²) in [6.07, 6.45) is 0. The number of aromatic nitrogens is 1. The molecular formula is C15H14N2O2. The van der Waals surface area contributed by atoms with Crippen molar-refractivity contribution in [2.75, 3.05) is 0 Å². The van der Waals surface area contributed by atoms with Crippen molar-refractivity contribution in [3.05, 3.63) is 46.8 Å². The van der Waals surface area contributed by atoms with E-state index in [1.165, 1.54) is 0 Å². The van der Waals surface area contributed by atoms with Crippen LogP contribution in [0.15, 0.2) is 24.3 Å². The van der Waals surface area contributed by atoms with E-state index in [1.54, 1.807) is 38.1 Å². The Hall–Kier alpha value is -2.54. The number of nitriles is 1. The lowest BCUT2D eigenvalue weighted by atomic mass is 10.1. The second-order valence-corrected chi connectivity index (χ2v) is 4.34. The summed E-state index contributed by atoms with van der Waals surface area (Å²) < 4.78 is 5.75. The molecular weight excluding hydrogens is 240 g/mol. The van der Waals surface area contributed by atoms with Crippen molar-refractivity contribution in [3.8, 4) is 23.3 Å². The van der Waals surface area contributed by atoms with E-state index in [4.69, 9.17) is 4.74 Å². The number of rotatable bonds is 2. The molecule has 0 aliphatic carbocycles. The molecule has 0 radical (unpaired) electrons. The van der Waals surface area contributed by atoms with E-state index in [1.807, 2.05) is 6.92 Å². The fourth-order valence-corrected chi connectivity index (χ4v) is 1.84. The molecule has 19 heavy (non-hydrogen) atoms. The number of phenolic OH excluding ortho intramolecular Hbond substituents is 1. The van der Waals surface area contributed by atoms with Gasteiger partial charge in [-0.15, -0.1) is 0 Å². The Labute approximate surface area is 111 Å². The highest BCUT2D eigenvalue weighted by Crippen LogP contribution is 2.32. The number of aromatic hydroxyl groups is 1. The zero-order valence-corrected chi connectivity index (χ0v) is 11.1. The van der Waals surface area contributed by atoms with Gasteiger partial charge < -0.3 is 9.84 Å². The second-order valence-electron chi connectivity index (χ2n) is 4.34. The Morgan fingerprint density at radius 3 is 2.63 bits per heavy atom. The smallest absolute Gasteiger partial charge is 0.148 e. The summed E-state index contributed by atoms with van der Waals surface area (Å²) in [4.78, 5) is 4.23. The molecule has 96 valence electrons. The summed E-state index contributed by atoms with van der Waals surface area (Å²) in [7, 11) is 0. The van der Waals surface area contributed by atoms with Gasteiger partial charge in [-0.1, -0.05) is 6.07 Å². The maximum absolute atomic E-state index is 9.66. The van der Waals surface area contributed by atoms with Crippen LogP contribution in [0.2, 0.25) is 0 Å². The van der Waals surface area contributed by atoms with Crippen molar-refractivity contribution in [1.82, 2.24) is 4.98 Å². The second kappa shape index (κ2) is 4.99. The Kier molecular flexibility index (Phi) is 3.39.